The molecule has 0 aliphatic rings. The monoisotopic (exact) mass is 280 g/mol. The van der Waals surface area contributed by atoms with Gasteiger partial charge in [-0.15, -0.1) is 0 Å². The average Bonchev–Trinajstić information content (AvgIpc) is 2.65. The van der Waals surface area contributed by atoms with E-state index in [2.05, 4.69) is 60.4 Å². The van der Waals surface area contributed by atoms with Crippen LogP contribution in [-0.2, 0) is 0 Å². The van der Waals surface area contributed by atoms with Gasteiger partial charge >= 0.3 is 0 Å². The summed E-state index contributed by atoms with van der Waals surface area (Å²) in [4.78, 5) is 8.94. The molecule has 3 aromatic rings. The highest BCUT2D eigenvalue weighted by Crippen LogP contribution is 2.31. The van der Waals surface area contributed by atoms with Gasteiger partial charge in [0.05, 0.1) is 11.1 Å². The first-order chi connectivity index (χ1) is 9.90. The van der Waals surface area contributed by atoms with E-state index in [1.165, 1.54) is 11.1 Å². The Balaban J connectivity index is 2.48. The van der Waals surface area contributed by atoms with E-state index in [1.807, 2.05) is 6.92 Å². The summed E-state index contributed by atoms with van der Waals surface area (Å²) >= 11 is 0. The molecule has 2 aromatic heterocycles. The summed E-state index contributed by atoms with van der Waals surface area (Å²) < 4.78 is 2.19. The van der Waals surface area contributed by atoms with Crippen molar-refractivity contribution in [3.8, 4) is 5.69 Å². The highest BCUT2D eigenvalue weighted by molar-refractivity contribution is 5.92. The quantitative estimate of drug-likeness (QED) is 0.741. The molecule has 1 aromatic carbocycles. The summed E-state index contributed by atoms with van der Waals surface area (Å²) in [5.74, 6) is 1.26. The van der Waals surface area contributed by atoms with Crippen LogP contribution >= 0.6 is 0 Å². The molecule has 21 heavy (non-hydrogen) atoms. The van der Waals surface area contributed by atoms with Crippen LogP contribution in [0.25, 0.3) is 16.7 Å². The number of nitrogens with two attached hydrogens (primary N) is 1. The number of hydrogen-bond acceptors (Lipinski definition) is 3. The number of aryl methyl sites for hydroxylation is 4. The van der Waals surface area contributed by atoms with Gasteiger partial charge < -0.3 is 5.73 Å². The van der Waals surface area contributed by atoms with Crippen molar-refractivity contribution < 1.29 is 0 Å². The highest BCUT2D eigenvalue weighted by Gasteiger charge is 2.18. The Labute approximate surface area is 124 Å². The highest BCUT2D eigenvalue weighted by atomic mass is 15.1. The number of rotatable bonds is 1. The minimum absolute atomic E-state index is 0.558. The first-order valence-electron chi connectivity index (χ1n) is 7.09. The van der Waals surface area contributed by atoms with E-state index in [0.717, 1.165) is 28.0 Å². The topological polar surface area (TPSA) is 56.7 Å². The van der Waals surface area contributed by atoms with Crippen LogP contribution in [-0.4, -0.2) is 14.5 Å². The maximum absolute atomic E-state index is 6.12. The van der Waals surface area contributed by atoms with Gasteiger partial charge in [-0.3, -0.25) is 4.57 Å². The second kappa shape index (κ2) is 4.58. The van der Waals surface area contributed by atoms with Gasteiger partial charge in [0, 0.05) is 5.69 Å². The number of benzene rings is 1. The van der Waals surface area contributed by atoms with Gasteiger partial charge in [-0.2, -0.15) is 0 Å². The predicted molar refractivity (Wildman–Crippen MR) is 87.0 cm³/mol. The maximum atomic E-state index is 6.12. The molecule has 0 saturated heterocycles. The number of nitrogen functional groups attached to an aromatic ring is 1. The fraction of sp³-hybridized carbons (Fsp3) is 0.294. The van der Waals surface area contributed by atoms with E-state index in [9.17, 15) is 0 Å². The van der Waals surface area contributed by atoms with Crippen molar-refractivity contribution in [1.82, 2.24) is 14.5 Å². The summed E-state index contributed by atoms with van der Waals surface area (Å²) in [5, 5.41) is 0.957. The summed E-state index contributed by atoms with van der Waals surface area (Å²) in [5.41, 5.74) is 12.9. The molecular formula is C17H20N4. The summed E-state index contributed by atoms with van der Waals surface area (Å²) in [6.07, 6.45) is 0. The smallest absolute Gasteiger partial charge is 0.150 e. The predicted octanol–water partition coefficient (Wildman–Crippen LogP) is 3.54. The minimum Gasteiger partial charge on any atom is -0.383 e. The number of aromatic nitrogens is 3. The normalized spacial score (nSPS) is 11.3. The van der Waals surface area contributed by atoms with Crippen LogP contribution < -0.4 is 5.73 Å². The third kappa shape index (κ3) is 1.98. The fourth-order valence-corrected chi connectivity index (χ4v) is 2.86. The molecule has 0 aliphatic heterocycles. The van der Waals surface area contributed by atoms with Gasteiger partial charge in [-0.05, 0) is 57.4 Å². The lowest BCUT2D eigenvalue weighted by Crippen LogP contribution is -2.03. The molecule has 2 N–H and O–H groups in total. The van der Waals surface area contributed by atoms with E-state index in [1.54, 1.807) is 0 Å². The number of fused-ring (bicyclic) bond motifs is 1. The number of hydrogen-bond donors (Lipinski definition) is 1. The Kier molecular flexibility index (Phi) is 2.97. The third-order valence-corrected chi connectivity index (χ3v) is 4.10. The van der Waals surface area contributed by atoms with Crippen LogP contribution in [0.15, 0.2) is 18.2 Å². The molecule has 4 heteroatoms. The molecule has 0 radical (unpaired) electrons. The lowest BCUT2D eigenvalue weighted by atomic mass is 10.1. The van der Waals surface area contributed by atoms with E-state index in [-0.39, 0.29) is 0 Å². The molecular weight excluding hydrogens is 260 g/mol. The lowest BCUT2D eigenvalue weighted by Gasteiger charge is -2.12. The van der Waals surface area contributed by atoms with Gasteiger partial charge in [-0.25, -0.2) is 9.97 Å². The molecule has 0 fully saturated rings. The van der Waals surface area contributed by atoms with Gasteiger partial charge in [-0.1, -0.05) is 12.1 Å². The van der Waals surface area contributed by atoms with Crippen LogP contribution in [0.3, 0.4) is 0 Å². The minimum atomic E-state index is 0.558. The standard InChI is InChI=1S/C17H20N4/c1-9-6-7-10(2)14(8-9)21-12(4)11(3)15-16(18)19-13(5)20-17(15)21/h6-8H,1-5H3,(H2,18,19,20). The van der Waals surface area contributed by atoms with E-state index in [0.29, 0.717) is 11.6 Å². The van der Waals surface area contributed by atoms with Crippen molar-refractivity contribution in [3.63, 3.8) is 0 Å². The van der Waals surface area contributed by atoms with E-state index in [4.69, 9.17) is 5.73 Å². The lowest BCUT2D eigenvalue weighted by molar-refractivity contribution is 0.984. The number of nitrogens with zero attached hydrogens (tertiary/aromatic N) is 3. The first-order valence-corrected chi connectivity index (χ1v) is 7.09. The second-order valence-electron chi connectivity index (χ2n) is 5.69. The van der Waals surface area contributed by atoms with Crippen LogP contribution in [0.5, 0.6) is 0 Å². The van der Waals surface area contributed by atoms with Gasteiger partial charge in [0.15, 0.2) is 5.65 Å². The molecule has 0 spiro atoms. The largest absolute Gasteiger partial charge is 0.383 e. The van der Waals surface area contributed by atoms with Crippen molar-refractivity contribution in [2.75, 3.05) is 5.73 Å². The average molecular weight is 280 g/mol. The SMILES string of the molecule is Cc1ccc(C)c(-n2c(C)c(C)c3c(N)nc(C)nc32)c1. The van der Waals surface area contributed by atoms with E-state index < -0.39 is 0 Å². The first kappa shape index (κ1) is 13.6. The molecule has 2 heterocycles. The number of anilines is 1. The zero-order valence-electron chi connectivity index (χ0n) is 13.2. The second-order valence-corrected chi connectivity index (χ2v) is 5.69. The molecule has 0 amide bonds. The maximum Gasteiger partial charge on any atom is 0.150 e. The Morgan fingerprint density at radius 1 is 1.00 bits per heavy atom. The molecule has 0 bridgehead atoms. The summed E-state index contributed by atoms with van der Waals surface area (Å²) in [6, 6.07) is 6.46. The Hall–Kier alpha value is -2.36. The van der Waals surface area contributed by atoms with Crippen LogP contribution in [0.4, 0.5) is 5.82 Å². The third-order valence-electron chi connectivity index (χ3n) is 4.10. The van der Waals surface area contributed by atoms with Crippen LogP contribution in [0.1, 0.15) is 28.2 Å². The summed E-state index contributed by atoms with van der Waals surface area (Å²) in [7, 11) is 0. The van der Waals surface area contributed by atoms with Gasteiger partial charge in [0.2, 0.25) is 0 Å². The fourth-order valence-electron chi connectivity index (χ4n) is 2.86. The van der Waals surface area contributed by atoms with Crippen molar-refractivity contribution >= 4 is 16.9 Å². The Morgan fingerprint density at radius 2 is 1.71 bits per heavy atom. The van der Waals surface area contributed by atoms with Crippen molar-refractivity contribution in [1.29, 1.82) is 0 Å². The van der Waals surface area contributed by atoms with Crippen LogP contribution in [0.2, 0.25) is 0 Å². The van der Waals surface area contributed by atoms with Crippen LogP contribution in [0, 0.1) is 34.6 Å². The Morgan fingerprint density at radius 3 is 2.43 bits per heavy atom. The molecule has 3 rings (SSSR count). The molecule has 4 nitrogen and oxygen atoms in total. The van der Waals surface area contributed by atoms with Crippen molar-refractivity contribution in [2.24, 2.45) is 0 Å². The molecule has 0 saturated carbocycles. The van der Waals surface area contributed by atoms with Gasteiger partial charge in [0.1, 0.15) is 11.6 Å². The molecule has 0 atom stereocenters. The zero-order chi connectivity index (χ0) is 15.3. The van der Waals surface area contributed by atoms with Crippen molar-refractivity contribution in [2.45, 2.75) is 34.6 Å². The zero-order valence-corrected chi connectivity index (χ0v) is 13.2. The Bertz CT molecular complexity index is 859. The molecule has 0 aliphatic carbocycles. The van der Waals surface area contributed by atoms with Gasteiger partial charge in [0.25, 0.3) is 0 Å². The molecule has 0 unspecified atom stereocenters. The van der Waals surface area contributed by atoms with Crippen molar-refractivity contribution in [3.05, 3.63) is 46.4 Å². The molecule has 108 valence electrons. The van der Waals surface area contributed by atoms with E-state index >= 15 is 0 Å². The summed E-state index contributed by atoms with van der Waals surface area (Å²) in [6.45, 7) is 10.3.